The van der Waals surface area contributed by atoms with Crippen LogP contribution in [0.15, 0.2) is 58.5 Å². The lowest BCUT2D eigenvalue weighted by molar-refractivity contribution is 0.329. The van der Waals surface area contributed by atoms with Crippen LogP contribution >= 0.6 is 0 Å². The van der Waals surface area contributed by atoms with Crippen molar-refractivity contribution < 1.29 is 10.2 Å². The first-order valence-electron chi connectivity index (χ1n) is 8.91. The lowest BCUT2D eigenvalue weighted by Crippen LogP contribution is -2.22. The van der Waals surface area contributed by atoms with Crippen molar-refractivity contribution in [2.75, 3.05) is 33.2 Å². The van der Waals surface area contributed by atoms with Crippen molar-refractivity contribution in [3.8, 4) is 11.5 Å². The molecule has 0 bridgehead atoms. The molecule has 0 aliphatic rings. The van der Waals surface area contributed by atoms with Gasteiger partial charge in [-0.3, -0.25) is 9.98 Å². The molecule has 0 saturated carbocycles. The van der Waals surface area contributed by atoms with Crippen molar-refractivity contribution in [1.82, 2.24) is 4.90 Å². The molecule has 0 aromatic heterocycles. The van der Waals surface area contributed by atoms with Crippen molar-refractivity contribution in [3.05, 3.63) is 59.7 Å². The Kier molecular flexibility index (Phi) is 8.36. The summed E-state index contributed by atoms with van der Waals surface area (Å²) in [4.78, 5) is 11.0. The second-order valence-corrected chi connectivity index (χ2v) is 6.20. The number of hydrogen-bond donors (Lipinski definition) is 2. The van der Waals surface area contributed by atoms with Gasteiger partial charge < -0.3 is 15.1 Å². The lowest BCUT2D eigenvalue weighted by atomic mass is 10.2. The molecule has 2 N–H and O–H groups in total. The van der Waals surface area contributed by atoms with Gasteiger partial charge in [0.1, 0.15) is 11.5 Å². The fraction of sp³-hybridized carbons (Fsp3) is 0.333. The second-order valence-electron chi connectivity index (χ2n) is 6.20. The summed E-state index contributed by atoms with van der Waals surface area (Å²) >= 11 is 0. The molecule has 2 aromatic rings. The normalized spacial score (nSPS) is 11.8. The first kappa shape index (κ1) is 19.7. The number of phenols is 2. The molecule has 0 spiro atoms. The van der Waals surface area contributed by atoms with E-state index >= 15 is 0 Å². The molecule has 0 saturated heterocycles. The van der Waals surface area contributed by atoms with Crippen molar-refractivity contribution >= 4 is 12.4 Å². The van der Waals surface area contributed by atoms with Crippen molar-refractivity contribution in [3.63, 3.8) is 0 Å². The largest absolute Gasteiger partial charge is 0.507 e. The lowest BCUT2D eigenvalue weighted by Gasteiger charge is -2.14. The third kappa shape index (κ3) is 7.07. The van der Waals surface area contributed by atoms with Gasteiger partial charge >= 0.3 is 0 Å². The van der Waals surface area contributed by atoms with E-state index < -0.39 is 0 Å². The zero-order valence-corrected chi connectivity index (χ0v) is 15.3. The third-order valence-electron chi connectivity index (χ3n) is 3.99. The summed E-state index contributed by atoms with van der Waals surface area (Å²) in [5.41, 5.74) is 1.51. The smallest absolute Gasteiger partial charge is 0.124 e. The van der Waals surface area contributed by atoms with E-state index in [0.717, 1.165) is 50.1 Å². The minimum absolute atomic E-state index is 0.262. The van der Waals surface area contributed by atoms with E-state index in [1.165, 1.54) is 0 Å². The summed E-state index contributed by atoms with van der Waals surface area (Å²) in [6.45, 7) is 3.43. The summed E-state index contributed by atoms with van der Waals surface area (Å²) in [5, 5.41) is 19.3. The van der Waals surface area contributed by atoms with Crippen LogP contribution in [0.5, 0.6) is 11.5 Å². The van der Waals surface area contributed by atoms with Gasteiger partial charge in [-0.15, -0.1) is 0 Å². The van der Waals surface area contributed by atoms with E-state index in [1.807, 2.05) is 24.3 Å². The Bertz CT molecular complexity index is 667. The molecule has 0 fully saturated rings. The third-order valence-corrected chi connectivity index (χ3v) is 3.99. The highest BCUT2D eigenvalue weighted by Gasteiger charge is 1.98. The topological polar surface area (TPSA) is 68.4 Å². The summed E-state index contributed by atoms with van der Waals surface area (Å²) < 4.78 is 0. The molecule has 0 amide bonds. The van der Waals surface area contributed by atoms with Crippen LogP contribution in [-0.4, -0.2) is 60.8 Å². The van der Waals surface area contributed by atoms with Crippen LogP contribution in [-0.2, 0) is 0 Å². The number of benzene rings is 2. The number of para-hydroxylation sites is 2. The van der Waals surface area contributed by atoms with E-state index in [9.17, 15) is 10.2 Å². The van der Waals surface area contributed by atoms with Crippen molar-refractivity contribution in [2.45, 2.75) is 12.8 Å². The molecule has 2 rings (SSSR count). The summed E-state index contributed by atoms with van der Waals surface area (Å²) in [5.74, 6) is 0.524. The van der Waals surface area contributed by atoms with Gasteiger partial charge in [0, 0.05) is 36.6 Å². The van der Waals surface area contributed by atoms with Gasteiger partial charge in [0.25, 0.3) is 0 Å². The number of rotatable bonds is 10. The number of hydrogen-bond acceptors (Lipinski definition) is 5. The Labute approximate surface area is 155 Å². The summed E-state index contributed by atoms with van der Waals surface area (Å²) in [7, 11) is 2.10. The fourth-order valence-electron chi connectivity index (χ4n) is 2.49. The van der Waals surface area contributed by atoms with Gasteiger partial charge in [0.2, 0.25) is 0 Å². The van der Waals surface area contributed by atoms with Gasteiger partial charge in [0.15, 0.2) is 0 Å². The monoisotopic (exact) mass is 353 g/mol. The van der Waals surface area contributed by atoms with Gasteiger partial charge in [0.05, 0.1) is 0 Å². The zero-order valence-electron chi connectivity index (χ0n) is 15.3. The number of phenolic OH excluding ortho intramolecular Hbond substituents is 2. The number of aliphatic imine (C=N–C) groups is 2. The molecule has 0 atom stereocenters. The van der Waals surface area contributed by atoms with Gasteiger partial charge in [-0.05, 0) is 57.2 Å². The van der Waals surface area contributed by atoms with Gasteiger partial charge in [-0.25, -0.2) is 0 Å². The maximum absolute atomic E-state index is 9.66. The molecule has 5 nitrogen and oxygen atoms in total. The molecule has 0 aliphatic carbocycles. The van der Waals surface area contributed by atoms with Crippen molar-refractivity contribution in [1.29, 1.82) is 0 Å². The Morgan fingerprint density at radius 1 is 0.769 bits per heavy atom. The SMILES string of the molecule is CN(CCCN=Cc1ccccc1O)CCCN=Cc1ccccc1O. The van der Waals surface area contributed by atoms with Crippen LogP contribution in [0.4, 0.5) is 0 Å². The molecule has 26 heavy (non-hydrogen) atoms. The van der Waals surface area contributed by atoms with Crippen LogP contribution in [0.25, 0.3) is 0 Å². The predicted octanol–water partition coefficient (Wildman–Crippen LogP) is 3.35. The highest BCUT2D eigenvalue weighted by Crippen LogP contribution is 2.13. The first-order valence-corrected chi connectivity index (χ1v) is 8.91. The molecular formula is C21H27N3O2. The van der Waals surface area contributed by atoms with Crippen molar-refractivity contribution in [2.24, 2.45) is 9.98 Å². The Morgan fingerprint density at radius 2 is 1.19 bits per heavy atom. The van der Waals surface area contributed by atoms with E-state index in [1.54, 1.807) is 36.7 Å². The number of aromatic hydroxyl groups is 2. The quantitative estimate of drug-likeness (QED) is 0.508. The zero-order chi connectivity index (χ0) is 18.6. The molecule has 0 aliphatic heterocycles. The molecule has 0 unspecified atom stereocenters. The van der Waals surface area contributed by atoms with Gasteiger partial charge in [-0.1, -0.05) is 24.3 Å². The molecule has 5 heteroatoms. The van der Waals surface area contributed by atoms with Crippen LogP contribution in [0, 0.1) is 0 Å². The highest BCUT2D eigenvalue weighted by atomic mass is 16.3. The Balaban J connectivity index is 1.57. The van der Waals surface area contributed by atoms with E-state index in [2.05, 4.69) is 21.9 Å². The highest BCUT2D eigenvalue weighted by molar-refractivity contribution is 5.83. The molecule has 2 aromatic carbocycles. The van der Waals surface area contributed by atoms with Crippen LogP contribution < -0.4 is 0 Å². The van der Waals surface area contributed by atoms with Crippen LogP contribution in [0.2, 0.25) is 0 Å². The average Bonchev–Trinajstić information content (AvgIpc) is 2.64. The summed E-state index contributed by atoms with van der Waals surface area (Å²) in [6, 6.07) is 14.4. The minimum atomic E-state index is 0.262. The van der Waals surface area contributed by atoms with E-state index in [0.29, 0.717) is 0 Å². The van der Waals surface area contributed by atoms with E-state index in [-0.39, 0.29) is 11.5 Å². The minimum Gasteiger partial charge on any atom is -0.507 e. The average molecular weight is 353 g/mol. The molecule has 138 valence electrons. The fourth-order valence-corrected chi connectivity index (χ4v) is 2.49. The molecule has 0 radical (unpaired) electrons. The summed E-state index contributed by atoms with van der Waals surface area (Å²) in [6.07, 6.45) is 5.40. The van der Waals surface area contributed by atoms with Crippen LogP contribution in [0.3, 0.4) is 0 Å². The molecule has 0 heterocycles. The van der Waals surface area contributed by atoms with Gasteiger partial charge in [-0.2, -0.15) is 0 Å². The predicted molar refractivity (Wildman–Crippen MR) is 108 cm³/mol. The Morgan fingerprint density at radius 3 is 1.62 bits per heavy atom. The van der Waals surface area contributed by atoms with Crippen LogP contribution in [0.1, 0.15) is 24.0 Å². The standard InChI is InChI=1S/C21H27N3O2/c1-24(14-6-12-22-16-18-8-2-4-10-20(18)25)15-7-13-23-17-19-9-3-5-11-21(19)26/h2-5,8-11,16-17,25-26H,6-7,12-15H2,1H3. The van der Waals surface area contributed by atoms with E-state index in [4.69, 9.17) is 0 Å². The second kappa shape index (κ2) is 11.1. The molecular weight excluding hydrogens is 326 g/mol. The Hall–Kier alpha value is -2.66. The number of nitrogens with zero attached hydrogens (tertiary/aromatic N) is 3. The maximum Gasteiger partial charge on any atom is 0.124 e. The maximum atomic E-state index is 9.66. The first-order chi connectivity index (χ1) is 12.7.